The zero-order valence-corrected chi connectivity index (χ0v) is 17.2. The number of ether oxygens (including phenoxy) is 2. The molecule has 0 aromatic rings. The number of hydrogen-bond acceptors (Lipinski definition) is 4. The fourth-order valence-corrected chi connectivity index (χ4v) is 3.07. The van der Waals surface area contributed by atoms with E-state index in [2.05, 4.69) is 22.9 Å². The number of unbranched alkanes of at least 4 members (excludes halogenated alkanes) is 6. The first kappa shape index (κ1) is 23.9. The smallest absolute Gasteiger partial charge is 0.305 e. The van der Waals surface area contributed by atoms with Crippen molar-refractivity contribution < 1.29 is 14.3 Å². The van der Waals surface area contributed by atoms with E-state index < -0.39 is 0 Å². The molecule has 0 amide bonds. The van der Waals surface area contributed by atoms with Crippen LogP contribution in [0.4, 0.5) is 0 Å². The summed E-state index contributed by atoms with van der Waals surface area (Å²) in [5.41, 5.74) is 5.49. The Kier molecular flexibility index (Phi) is 19.1. The van der Waals surface area contributed by atoms with E-state index in [-0.39, 0.29) is 5.97 Å². The molecule has 2 N–H and O–H groups in total. The van der Waals surface area contributed by atoms with Crippen LogP contribution in [-0.2, 0) is 14.3 Å². The summed E-state index contributed by atoms with van der Waals surface area (Å²) in [6.07, 6.45) is 13.3. The maximum atomic E-state index is 11.5. The molecule has 1 atom stereocenters. The van der Waals surface area contributed by atoms with Gasteiger partial charge >= 0.3 is 5.97 Å². The SMILES string of the molecule is CCCC(CCCCCCCOC(=O)CCCCCBr)OCCN. The molecule has 24 heavy (non-hydrogen) atoms. The van der Waals surface area contributed by atoms with Crippen molar-refractivity contribution in [3.63, 3.8) is 0 Å². The second-order valence-corrected chi connectivity index (χ2v) is 7.14. The van der Waals surface area contributed by atoms with Crippen LogP contribution >= 0.6 is 15.9 Å². The maximum Gasteiger partial charge on any atom is 0.305 e. The lowest BCUT2D eigenvalue weighted by Gasteiger charge is -2.16. The second-order valence-electron chi connectivity index (χ2n) is 6.35. The molecule has 0 saturated heterocycles. The van der Waals surface area contributed by atoms with Crippen LogP contribution in [0, 0.1) is 0 Å². The molecule has 0 radical (unpaired) electrons. The van der Waals surface area contributed by atoms with Crippen molar-refractivity contribution in [1.82, 2.24) is 0 Å². The minimum atomic E-state index is -0.0379. The summed E-state index contributed by atoms with van der Waals surface area (Å²) in [7, 11) is 0. The Labute approximate surface area is 157 Å². The van der Waals surface area contributed by atoms with Gasteiger partial charge in [-0.05, 0) is 32.1 Å². The molecule has 0 aliphatic rings. The highest BCUT2D eigenvalue weighted by molar-refractivity contribution is 9.09. The molecule has 0 aromatic carbocycles. The molecule has 0 fully saturated rings. The van der Waals surface area contributed by atoms with E-state index >= 15 is 0 Å². The lowest BCUT2D eigenvalue weighted by molar-refractivity contribution is -0.143. The number of nitrogens with two attached hydrogens (primary N) is 1. The first-order chi connectivity index (χ1) is 11.7. The molecule has 0 heterocycles. The molecule has 0 spiro atoms. The summed E-state index contributed by atoms with van der Waals surface area (Å²) in [6, 6.07) is 0. The van der Waals surface area contributed by atoms with Crippen LogP contribution in [0.3, 0.4) is 0 Å². The van der Waals surface area contributed by atoms with E-state index in [1.807, 2.05) is 0 Å². The van der Waals surface area contributed by atoms with E-state index in [0.717, 1.165) is 56.7 Å². The number of alkyl halides is 1. The summed E-state index contributed by atoms with van der Waals surface area (Å²) in [4.78, 5) is 11.5. The largest absolute Gasteiger partial charge is 0.466 e. The maximum absolute atomic E-state index is 11.5. The predicted octanol–water partition coefficient (Wildman–Crippen LogP) is 4.97. The van der Waals surface area contributed by atoms with Crippen LogP contribution in [0.2, 0.25) is 0 Å². The van der Waals surface area contributed by atoms with Crippen molar-refractivity contribution in [3.05, 3.63) is 0 Å². The fourth-order valence-electron chi connectivity index (χ4n) is 2.67. The number of rotatable bonds is 18. The van der Waals surface area contributed by atoms with E-state index in [9.17, 15) is 4.79 Å². The number of hydrogen-bond donors (Lipinski definition) is 1. The first-order valence-corrected chi connectivity index (χ1v) is 10.9. The zero-order chi connectivity index (χ0) is 17.9. The quantitative estimate of drug-likeness (QED) is 0.198. The van der Waals surface area contributed by atoms with Gasteiger partial charge in [0, 0.05) is 18.3 Å². The number of carbonyl (C=O) groups is 1. The standard InChI is InChI=1S/C19H38BrNO3/c1-2-11-18(23-17-15-21)12-7-4-3-5-10-16-24-19(22)13-8-6-9-14-20/h18H,2-17,21H2,1H3. The molecule has 0 aliphatic heterocycles. The van der Waals surface area contributed by atoms with Crippen LogP contribution < -0.4 is 5.73 Å². The molecule has 144 valence electrons. The minimum absolute atomic E-state index is 0.0379. The molecule has 0 bridgehead atoms. The van der Waals surface area contributed by atoms with Crippen LogP contribution in [0.25, 0.3) is 0 Å². The van der Waals surface area contributed by atoms with E-state index in [1.165, 1.54) is 19.3 Å². The predicted molar refractivity (Wildman–Crippen MR) is 105 cm³/mol. The highest BCUT2D eigenvalue weighted by Crippen LogP contribution is 2.13. The first-order valence-electron chi connectivity index (χ1n) is 9.77. The normalized spacial score (nSPS) is 12.3. The van der Waals surface area contributed by atoms with E-state index in [4.69, 9.17) is 15.2 Å². The van der Waals surface area contributed by atoms with Crippen molar-refractivity contribution in [1.29, 1.82) is 0 Å². The van der Waals surface area contributed by atoms with Crippen molar-refractivity contribution >= 4 is 21.9 Å². The van der Waals surface area contributed by atoms with E-state index in [0.29, 0.717) is 32.3 Å². The third-order valence-electron chi connectivity index (χ3n) is 4.03. The summed E-state index contributed by atoms with van der Waals surface area (Å²) in [5.74, 6) is -0.0379. The van der Waals surface area contributed by atoms with Crippen molar-refractivity contribution in [2.75, 3.05) is 25.1 Å². The second kappa shape index (κ2) is 19.2. The lowest BCUT2D eigenvalue weighted by atomic mass is 10.0. The Morgan fingerprint density at radius 2 is 1.67 bits per heavy atom. The third kappa shape index (κ3) is 16.7. The number of halogens is 1. The molecular formula is C19H38BrNO3. The lowest BCUT2D eigenvalue weighted by Crippen LogP contribution is -2.18. The van der Waals surface area contributed by atoms with Crippen LogP contribution in [0.1, 0.15) is 84.0 Å². The molecule has 0 rings (SSSR count). The van der Waals surface area contributed by atoms with Gasteiger partial charge in [0.2, 0.25) is 0 Å². The van der Waals surface area contributed by atoms with Crippen LogP contribution in [0.5, 0.6) is 0 Å². The Balaban J connectivity index is 3.38. The van der Waals surface area contributed by atoms with Gasteiger partial charge in [0.15, 0.2) is 0 Å². The van der Waals surface area contributed by atoms with E-state index in [1.54, 1.807) is 0 Å². The highest BCUT2D eigenvalue weighted by Gasteiger charge is 2.07. The van der Waals surface area contributed by atoms with Gasteiger partial charge in [-0.2, -0.15) is 0 Å². The van der Waals surface area contributed by atoms with Gasteiger partial charge in [-0.25, -0.2) is 0 Å². The molecule has 1 unspecified atom stereocenters. The molecule has 0 saturated carbocycles. The molecular weight excluding hydrogens is 370 g/mol. The monoisotopic (exact) mass is 407 g/mol. The Morgan fingerprint density at radius 3 is 2.38 bits per heavy atom. The molecule has 4 nitrogen and oxygen atoms in total. The van der Waals surface area contributed by atoms with Gasteiger partial charge in [0.25, 0.3) is 0 Å². The topological polar surface area (TPSA) is 61.5 Å². The van der Waals surface area contributed by atoms with Crippen molar-refractivity contribution in [2.45, 2.75) is 90.1 Å². The molecule has 5 heteroatoms. The molecule has 0 aromatic heterocycles. The zero-order valence-electron chi connectivity index (χ0n) is 15.6. The van der Waals surface area contributed by atoms with Gasteiger partial charge in [0.05, 0.1) is 19.3 Å². The highest BCUT2D eigenvalue weighted by atomic mass is 79.9. The van der Waals surface area contributed by atoms with Crippen molar-refractivity contribution in [2.24, 2.45) is 5.73 Å². The Hall–Kier alpha value is -0.130. The van der Waals surface area contributed by atoms with Crippen LogP contribution in [-0.4, -0.2) is 37.2 Å². The Morgan fingerprint density at radius 1 is 0.958 bits per heavy atom. The summed E-state index contributed by atoms with van der Waals surface area (Å²) >= 11 is 3.39. The van der Waals surface area contributed by atoms with Gasteiger partial charge in [0.1, 0.15) is 0 Å². The average molecular weight is 408 g/mol. The van der Waals surface area contributed by atoms with Gasteiger partial charge in [-0.3, -0.25) is 4.79 Å². The van der Waals surface area contributed by atoms with Gasteiger partial charge in [-0.1, -0.05) is 61.4 Å². The minimum Gasteiger partial charge on any atom is -0.466 e. The summed E-state index contributed by atoms with van der Waals surface area (Å²) < 4.78 is 11.0. The number of carbonyl (C=O) groups excluding carboxylic acids is 1. The third-order valence-corrected chi connectivity index (χ3v) is 4.59. The van der Waals surface area contributed by atoms with Gasteiger partial charge in [-0.15, -0.1) is 0 Å². The molecule has 0 aliphatic carbocycles. The summed E-state index contributed by atoms with van der Waals surface area (Å²) in [5, 5.41) is 1.01. The average Bonchev–Trinajstić information content (AvgIpc) is 2.58. The number of esters is 1. The van der Waals surface area contributed by atoms with Gasteiger partial charge < -0.3 is 15.2 Å². The van der Waals surface area contributed by atoms with Crippen LogP contribution in [0.15, 0.2) is 0 Å². The fraction of sp³-hybridized carbons (Fsp3) is 0.947. The Bertz CT molecular complexity index is 277. The van der Waals surface area contributed by atoms with Crippen molar-refractivity contribution in [3.8, 4) is 0 Å². The summed E-state index contributed by atoms with van der Waals surface area (Å²) in [6.45, 7) is 4.05.